The average molecular weight is 299 g/mol. The summed E-state index contributed by atoms with van der Waals surface area (Å²) in [4.78, 5) is 27.2. The molecule has 0 aromatic carbocycles. The second-order valence-electron chi connectivity index (χ2n) is 6.92. The lowest BCUT2D eigenvalue weighted by Gasteiger charge is -2.35. The van der Waals surface area contributed by atoms with E-state index in [-0.39, 0.29) is 12.0 Å². The van der Waals surface area contributed by atoms with E-state index in [0.717, 1.165) is 12.8 Å². The number of ether oxygens (including phenoxy) is 1. The molecule has 2 amide bonds. The van der Waals surface area contributed by atoms with Crippen LogP contribution in [0.4, 0.5) is 4.79 Å². The van der Waals surface area contributed by atoms with Crippen LogP contribution in [0.1, 0.15) is 40.5 Å². The normalized spacial score (nSPS) is 18.3. The van der Waals surface area contributed by atoms with E-state index in [0.29, 0.717) is 25.6 Å². The summed E-state index contributed by atoms with van der Waals surface area (Å²) in [5.41, 5.74) is 5.14. The summed E-state index contributed by atoms with van der Waals surface area (Å²) in [6.45, 7) is 9.36. The minimum atomic E-state index is -0.461. The molecule has 122 valence electrons. The lowest BCUT2D eigenvalue weighted by Crippen LogP contribution is -2.46. The molecule has 6 heteroatoms. The Labute approximate surface area is 127 Å². The van der Waals surface area contributed by atoms with Crippen molar-refractivity contribution in [3.63, 3.8) is 0 Å². The van der Waals surface area contributed by atoms with Gasteiger partial charge in [-0.05, 0) is 46.5 Å². The van der Waals surface area contributed by atoms with Crippen molar-refractivity contribution in [2.45, 2.75) is 52.2 Å². The van der Waals surface area contributed by atoms with E-state index >= 15 is 0 Å². The highest BCUT2D eigenvalue weighted by atomic mass is 16.6. The van der Waals surface area contributed by atoms with Crippen molar-refractivity contribution in [2.24, 2.45) is 11.7 Å². The molecule has 1 saturated heterocycles. The topological polar surface area (TPSA) is 75.9 Å². The molecule has 0 aliphatic carbocycles. The molecule has 0 aromatic heterocycles. The predicted molar refractivity (Wildman–Crippen MR) is 81.8 cm³/mol. The highest BCUT2D eigenvalue weighted by Crippen LogP contribution is 2.20. The van der Waals surface area contributed by atoms with Crippen molar-refractivity contribution in [3.8, 4) is 0 Å². The quantitative estimate of drug-likeness (QED) is 0.855. The fraction of sp³-hybridized carbons (Fsp3) is 0.867. The Bertz CT molecular complexity index is 369. The molecule has 1 aliphatic rings. The fourth-order valence-corrected chi connectivity index (χ4v) is 2.45. The van der Waals surface area contributed by atoms with E-state index in [1.807, 2.05) is 20.8 Å². The van der Waals surface area contributed by atoms with Crippen LogP contribution >= 0.6 is 0 Å². The third kappa shape index (κ3) is 5.91. The van der Waals surface area contributed by atoms with E-state index < -0.39 is 11.6 Å². The molecule has 1 aliphatic heterocycles. The van der Waals surface area contributed by atoms with Crippen molar-refractivity contribution in [3.05, 3.63) is 0 Å². The maximum atomic E-state index is 12.0. The van der Waals surface area contributed by atoms with E-state index in [1.165, 1.54) is 0 Å². The van der Waals surface area contributed by atoms with Crippen LogP contribution in [0, 0.1) is 5.92 Å². The SMILES string of the molecule is CC(N)C(=O)N(C)CC1CCN(C(=O)OC(C)(C)C)CC1. The molecular formula is C15H29N3O3. The molecular weight excluding hydrogens is 270 g/mol. The first kappa shape index (κ1) is 17.8. The highest BCUT2D eigenvalue weighted by molar-refractivity contribution is 5.80. The summed E-state index contributed by atoms with van der Waals surface area (Å²) in [5.74, 6) is 0.376. The molecule has 0 saturated carbocycles. The summed E-state index contributed by atoms with van der Waals surface area (Å²) >= 11 is 0. The predicted octanol–water partition coefficient (Wildman–Crippen LogP) is 1.44. The minimum absolute atomic E-state index is 0.0374. The van der Waals surface area contributed by atoms with Gasteiger partial charge in [-0.25, -0.2) is 4.79 Å². The van der Waals surface area contributed by atoms with Crippen LogP contribution in [0.15, 0.2) is 0 Å². The van der Waals surface area contributed by atoms with Crippen molar-refractivity contribution < 1.29 is 14.3 Å². The second-order valence-corrected chi connectivity index (χ2v) is 6.92. The van der Waals surface area contributed by atoms with Gasteiger partial charge in [-0.3, -0.25) is 4.79 Å². The monoisotopic (exact) mass is 299 g/mol. The third-order valence-corrected chi connectivity index (χ3v) is 3.56. The number of likely N-dealkylation sites (N-methyl/N-ethyl adjacent to an activating group) is 1. The number of nitrogens with two attached hydrogens (primary N) is 1. The molecule has 1 atom stereocenters. The van der Waals surface area contributed by atoms with Gasteiger partial charge < -0.3 is 20.3 Å². The molecule has 0 radical (unpaired) electrons. The van der Waals surface area contributed by atoms with Crippen LogP contribution in [-0.4, -0.2) is 60.1 Å². The molecule has 0 bridgehead atoms. The van der Waals surface area contributed by atoms with Gasteiger partial charge in [0, 0.05) is 26.7 Å². The maximum Gasteiger partial charge on any atom is 0.410 e. The van der Waals surface area contributed by atoms with E-state index in [4.69, 9.17) is 10.5 Å². The third-order valence-electron chi connectivity index (χ3n) is 3.56. The highest BCUT2D eigenvalue weighted by Gasteiger charge is 2.28. The Morgan fingerprint density at radius 3 is 2.29 bits per heavy atom. The van der Waals surface area contributed by atoms with Gasteiger partial charge in [-0.2, -0.15) is 0 Å². The summed E-state index contributed by atoms with van der Waals surface area (Å²) in [6, 6.07) is -0.461. The summed E-state index contributed by atoms with van der Waals surface area (Å²) in [6.07, 6.45) is 1.52. The lowest BCUT2D eigenvalue weighted by atomic mass is 9.96. The second kappa shape index (κ2) is 7.11. The minimum Gasteiger partial charge on any atom is -0.444 e. The Hall–Kier alpha value is -1.30. The van der Waals surface area contributed by atoms with E-state index in [1.54, 1.807) is 23.8 Å². The molecule has 1 heterocycles. The van der Waals surface area contributed by atoms with Crippen LogP contribution in [0.25, 0.3) is 0 Å². The number of hydrogen-bond acceptors (Lipinski definition) is 4. The van der Waals surface area contributed by atoms with Crippen LogP contribution < -0.4 is 5.73 Å². The van der Waals surface area contributed by atoms with Gasteiger partial charge in [-0.1, -0.05) is 0 Å². The van der Waals surface area contributed by atoms with Crippen LogP contribution in [0.2, 0.25) is 0 Å². The first-order chi connectivity index (χ1) is 9.60. The Morgan fingerprint density at radius 2 is 1.86 bits per heavy atom. The first-order valence-corrected chi connectivity index (χ1v) is 7.58. The van der Waals surface area contributed by atoms with Gasteiger partial charge in [0.05, 0.1) is 6.04 Å². The molecule has 1 rings (SSSR count). The zero-order valence-electron chi connectivity index (χ0n) is 13.9. The van der Waals surface area contributed by atoms with E-state index in [2.05, 4.69) is 0 Å². The molecule has 0 aromatic rings. The standard InChI is InChI=1S/C15H29N3O3/c1-11(16)13(19)17(5)10-12-6-8-18(9-7-12)14(20)21-15(2,3)4/h11-12H,6-10,16H2,1-5H3. The molecule has 1 fully saturated rings. The molecule has 21 heavy (non-hydrogen) atoms. The average Bonchev–Trinajstić information content (AvgIpc) is 2.36. The smallest absolute Gasteiger partial charge is 0.410 e. The lowest BCUT2D eigenvalue weighted by molar-refractivity contribution is -0.131. The zero-order valence-corrected chi connectivity index (χ0v) is 13.9. The number of likely N-dealkylation sites (tertiary alicyclic amines) is 1. The summed E-state index contributed by atoms with van der Waals surface area (Å²) in [5, 5.41) is 0. The van der Waals surface area contributed by atoms with Gasteiger partial charge in [0.1, 0.15) is 5.60 Å². The maximum absolute atomic E-state index is 12.0. The van der Waals surface area contributed by atoms with E-state index in [9.17, 15) is 9.59 Å². The Kier molecular flexibility index (Phi) is 6.01. The first-order valence-electron chi connectivity index (χ1n) is 7.58. The van der Waals surface area contributed by atoms with Crippen LogP contribution in [0.5, 0.6) is 0 Å². The number of rotatable bonds is 3. The number of nitrogens with zero attached hydrogens (tertiary/aromatic N) is 2. The van der Waals surface area contributed by atoms with Gasteiger partial charge in [0.25, 0.3) is 0 Å². The van der Waals surface area contributed by atoms with Crippen LogP contribution in [0.3, 0.4) is 0 Å². The zero-order chi connectivity index (χ0) is 16.2. The molecule has 1 unspecified atom stereocenters. The largest absolute Gasteiger partial charge is 0.444 e. The number of piperidine rings is 1. The van der Waals surface area contributed by atoms with Crippen molar-refractivity contribution >= 4 is 12.0 Å². The molecule has 0 spiro atoms. The van der Waals surface area contributed by atoms with Gasteiger partial charge in [0.15, 0.2) is 0 Å². The van der Waals surface area contributed by atoms with Crippen LogP contribution in [-0.2, 0) is 9.53 Å². The number of carbonyl (C=O) groups is 2. The number of hydrogen-bond donors (Lipinski definition) is 1. The number of amides is 2. The Morgan fingerprint density at radius 1 is 1.33 bits per heavy atom. The molecule has 2 N–H and O–H groups in total. The number of carbonyl (C=O) groups excluding carboxylic acids is 2. The van der Waals surface area contributed by atoms with Gasteiger partial charge in [0.2, 0.25) is 5.91 Å². The summed E-state index contributed by atoms with van der Waals surface area (Å²) in [7, 11) is 1.78. The van der Waals surface area contributed by atoms with Crippen molar-refractivity contribution in [1.82, 2.24) is 9.80 Å². The summed E-state index contributed by atoms with van der Waals surface area (Å²) < 4.78 is 5.37. The fourth-order valence-electron chi connectivity index (χ4n) is 2.45. The molecule has 6 nitrogen and oxygen atoms in total. The van der Waals surface area contributed by atoms with Crippen molar-refractivity contribution in [2.75, 3.05) is 26.7 Å². The van der Waals surface area contributed by atoms with Crippen molar-refractivity contribution in [1.29, 1.82) is 0 Å². The Balaban J connectivity index is 2.39. The van der Waals surface area contributed by atoms with Gasteiger partial charge in [-0.15, -0.1) is 0 Å². The van der Waals surface area contributed by atoms with Gasteiger partial charge >= 0.3 is 6.09 Å².